The summed E-state index contributed by atoms with van der Waals surface area (Å²) >= 11 is 1.36. The van der Waals surface area contributed by atoms with Gasteiger partial charge in [-0.25, -0.2) is 4.79 Å². The third kappa shape index (κ3) is 5.93. The van der Waals surface area contributed by atoms with Crippen LogP contribution in [-0.2, 0) is 33.8 Å². The molecule has 0 saturated heterocycles. The van der Waals surface area contributed by atoms with Gasteiger partial charge in [0.25, 0.3) is 0 Å². The van der Waals surface area contributed by atoms with E-state index in [1.54, 1.807) is 32.2 Å². The molecule has 1 heterocycles. The van der Waals surface area contributed by atoms with Crippen LogP contribution in [-0.4, -0.2) is 32.8 Å². The summed E-state index contributed by atoms with van der Waals surface area (Å²) < 4.78 is 22.7. The van der Waals surface area contributed by atoms with Gasteiger partial charge in [-0.05, 0) is 47.9 Å². The fourth-order valence-electron chi connectivity index (χ4n) is 4.07. The van der Waals surface area contributed by atoms with Gasteiger partial charge >= 0.3 is 11.9 Å². The number of hydrogen-bond acceptors (Lipinski definition) is 8. The minimum Gasteiger partial charge on any atom is -0.497 e. The van der Waals surface area contributed by atoms with Crippen molar-refractivity contribution < 1.29 is 28.5 Å². The molecule has 0 fully saturated rings. The SMILES string of the molecule is CCOC(=O)Cc1ccc(OC)cc1OCc1c(C(=O)OC)sc2ccc(-c3cccc(CN)c3)cc12. The smallest absolute Gasteiger partial charge is 0.348 e. The maximum atomic E-state index is 12.7. The van der Waals surface area contributed by atoms with Gasteiger partial charge in [0.2, 0.25) is 0 Å². The Hall–Kier alpha value is -3.88. The zero-order valence-electron chi connectivity index (χ0n) is 21.0. The normalized spacial score (nSPS) is 10.8. The van der Waals surface area contributed by atoms with Crippen molar-refractivity contribution in [2.24, 2.45) is 5.73 Å². The molecule has 0 aliphatic rings. The molecule has 0 saturated carbocycles. The highest BCUT2D eigenvalue weighted by molar-refractivity contribution is 7.21. The van der Waals surface area contributed by atoms with Gasteiger partial charge in [-0.3, -0.25) is 4.79 Å². The molecule has 0 atom stereocenters. The van der Waals surface area contributed by atoms with E-state index < -0.39 is 5.97 Å². The third-order valence-electron chi connectivity index (χ3n) is 5.94. The molecule has 2 N–H and O–H groups in total. The quantitative estimate of drug-likeness (QED) is 0.276. The standard InChI is InChI=1S/C29H29NO6S/c1-4-35-27(31)14-21-8-10-22(33-2)15-25(21)36-17-24-23-13-20(19-7-5-6-18(12-19)16-30)9-11-26(23)37-28(24)29(32)34-3/h5-13,15H,4,14,16-17,30H2,1-3H3. The monoisotopic (exact) mass is 519 g/mol. The molecule has 0 amide bonds. The Kier molecular flexibility index (Phi) is 8.43. The van der Waals surface area contributed by atoms with Gasteiger partial charge < -0.3 is 24.7 Å². The molecule has 1 aromatic heterocycles. The molecular formula is C29H29NO6S. The number of nitrogens with two attached hydrogens (primary N) is 1. The number of thiophene rings is 1. The van der Waals surface area contributed by atoms with E-state index in [1.807, 2.05) is 30.3 Å². The molecule has 0 radical (unpaired) electrons. The number of rotatable bonds is 10. The first-order valence-electron chi connectivity index (χ1n) is 11.9. The van der Waals surface area contributed by atoms with Crippen LogP contribution in [0.1, 0.15) is 33.3 Å². The fourth-order valence-corrected chi connectivity index (χ4v) is 5.17. The average Bonchev–Trinajstić information content (AvgIpc) is 3.29. The van der Waals surface area contributed by atoms with E-state index in [0.29, 0.717) is 40.7 Å². The maximum absolute atomic E-state index is 12.7. The van der Waals surface area contributed by atoms with E-state index in [9.17, 15) is 9.59 Å². The van der Waals surface area contributed by atoms with Crippen LogP contribution in [0.3, 0.4) is 0 Å². The van der Waals surface area contributed by atoms with E-state index in [4.69, 9.17) is 24.7 Å². The summed E-state index contributed by atoms with van der Waals surface area (Å²) in [5, 5.41) is 0.899. The molecule has 4 aromatic rings. The molecule has 8 heteroatoms. The Bertz CT molecular complexity index is 1430. The summed E-state index contributed by atoms with van der Waals surface area (Å²) in [6.07, 6.45) is 0.0586. The van der Waals surface area contributed by atoms with Gasteiger partial charge in [0, 0.05) is 33.8 Å². The van der Waals surface area contributed by atoms with Crippen molar-refractivity contribution >= 4 is 33.4 Å². The zero-order chi connectivity index (χ0) is 26.4. The largest absolute Gasteiger partial charge is 0.497 e. The lowest BCUT2D eigenvalue weighted by molar-refractivity contribution is -0.142. The molecule has 37 heavy (non-hydrogen) atoms. The predicted molar refractivity (Wildman–Crippen MR) is 144 cm³/mol. The Labute approximate surface area is 219 Å². The van der Waals surface area contributed by atoms with Gasteiger partial charge in [-0.15, -0.1) is 11.3 Å². The molecular weight excluding hydrogens is 490 g/mol. The Morgan fingerprint density at radius 1 is 0.973 bits per heavy atom. The molecule has 192 valence electrons. The number of methoxy groups -OCH3 is 2. The maximum Gasteiger partial charge on any atom is 0.348 e. The summed E-state index contributed by atoms with van der Waals surface area (Å²) in [5.74, 6) is 0.296. The summed E-state index contributed by atoms with van der Waals surface area (Å²) in [5.41, 5.74) is 10.3. The van der Waals surface area contributed by atoms with Crippen LogP contribution < -0.4 is 15.2 Å². The predicted octanol–water partition coefficient (Wildman–Crippen LogP) is 5.51. The first-order valence-corrected chi connectivity index (χ1v) is 12.7. The number of fused-ring (bicyclic) bond motifs is 1. The molecule has 3 aromatic carbocycles. The zero-order valence-corrected chi connectivity index (χ0v) is 21.9. The van der Waals surface area contributed by atoms with Crippen LogP contribution >= 0.6 is 11.3 Å². The van der Waals surface area contributed by atoms with Crippen molar-refractivity contribution in [2.45, 2.75) is 26.5 Å². The molecule has 0 unspecified atom stereocenters. The highest BCUT2D eigenvalue weighted by Gasteiger charge is 2.21. The van der Waals surface area contributed by atoms with Gasteiger partial charge in [0.1, 0.15) is 23.0 Å². The second-order valence-corrected chi connectivity index (χ2v) is 9.31. The van der Waals surface area contributed by atoms with Crippen molar-refractivity contribution in [3.63, 3.8) is 0 Å². The van der Waals surface area contributed by atoms with E-state index in [-0.39, 0.29) is 19.0 Å². The summed E-state index contributed by atoms with van der Waals surface area (Å²) in [6, 6.07) is 19.4. The Morgan fingerprint density at radius 3 is 2.51 bits per heavy atom. The minimum atomic E-state index is -0.427. The van der Waals surface area contributed by atoms with Crippen LogP contribution in [0.15, 0.2) is 60.7 Å². The number of benzene rings is 3. The molecule has 4 rings (SSSR count). The van der Waals surface area contributed by atoms with Crippen LogP contribution in [0.4, 0.5) is 0 Å². The van der Waals surface area contributed by atoms with Crippen molar-refractivity contribution in [3.8, 4) is 22.6 Å². The van der Waals surface area contributed by atoms with E-state index in [1.165, 1.54) is 18.4 Å². The van der Waals surface area contributed by atoms with Gasteiger partial charge in [-0.1, -0.05) is 30.3 Å². The number of esters is 2. The lowest BCUT2D eigenvalue weighted by atomic mass is 10.0. The number of ether oxygens (including phenoxy) is 4. The molecule has 0 spiro atoms. The third-order valence-corrected chi connectivity index (χ3v) is 7.14. The van der Waals surface area contributed by atoms with Crippen LogP contribution in [0.25, 0.3) is 21.2 Å². The second-order valence-electron chi connectivity index (χ2n) is 8.26. The first kappa shape index (κ1) is 26.2. The van der Waals surface area contributed by atoms with Crippen LogP contribution in [0, 0.1) is 0 Å². The molecule has 0 bridgehead atoms. The lowest BCUT2D eigenvalue weighted by Gasteiger charge is -2.14. The summed E-state index contributed by atoms with van der Waals surface area (Å²) in [7, 11) is 2.92. The summed E-state index contributed by atoms with van der Waals surface area (Å²) in [4.78, 5) is 25.3. The van der Waals surface area contributed by atoms with E-state index in [0.717, 1.165) is 26.8 Å². The lowest BCUT2D eigenvalue weighted by Crippen LogP contribution is -2.10. The molecule has 0 aliphatic heterocycles. The molecule has 0 aliphatic carbocycles. The second kappa shape index (κ2) is 11.9. The topological polar surface area (TPSA) is 97.1 Å². The highest BCUT2D eigenvalue weighted by atomic mass is 32.1. The van der Waals surface area contributed by atoms with Crippen molar-refractivity contribution in [1.29, 1.82) is 0 Å². The first-order chi connectivity index (χ1) is 18.0. The van der Waals surface area contributed by atoms with Crippen molar-refractivity contribution in [1.82, 2.24) is 0 Å². The fraction of sp³-hybridized carbons (Fsp3) is 0.241. The molecule has 7 nitrogen and oxygen atoms in total. The van der Waals surface area contributed by atoms with E-state index >= 15 is 0 Å². The number of carbonyl (C=O) groups excluding carboxylic acids is 2. The van der Waals surface area contributed by atoms with Crippen molar-refractivity contribution in [2.75, 3.05) is 20.8 Å². The Balaban J connectivity index is 1.73. The van der Waals surface area contributed by atoms with Crippen molar-refractivity contribution in [3.05, 3.63) is 82.2 Å². The Morgan fingerprint density at radius 2 is 1.78 bits per heavy atom. The number of carbonyl (C=O) groups is 2. The average molecular weight is 520 g/mol. The van der Waals surface area contributed by atoms with Gasteiger partial charge in [0.15, 0.2) is 0 Å². The minimum absolute atomic E-state index is 0.0586. The van der Waals surface area contributed by atoms with Crippen LogP contribution in [0.2, 0.25) is 0 Å². The number of hydrogen-bond donors (Lipinski definition) is 1. The van der Waals surface area contributed by atoms with Gasteiger partial charge in [-0.2, -0.15) is 0 Å². The van der Waals surface area contributed by atoms with Crippen LogP contribution in [0.5, 0.6) is 11.5 Å². The highest BCUT2D eigenvalue weighted by Crippen LogP contribution is 2.36. The van der Waals surface area contributed by atoms with Gasteiger partial charge in [0.05, 0.1) is 27.2 Å². The summed E-state index contributed by atoms with van der Waals surface area (Å²) in [6.45, 7) is 2.61. The van der Waals surface area contributed by atoms with E-state index in [2.05, 4.69) is 12.1 Å².